The predicted octanol–water partition coefficient (Wildman–Crippen LogP) is 3.79. The molecule has 2 heteroatoms. The second-order valence-corrected chi connectivity index (χ2v) is 6.06. The van der Waals surface area contributed by atoms with Gasteiger partial charge in [0.2, 0.25) is 0 Å². The lowest BCUT2D eigenvalue weighted by molar-refractivity contribution is 0.173. The summed E-state index contributed by atoms with van der Waals surface area (Å²) in [5, 5.41) is 3.73. The van der Waals surface area contributed by atoms with E-state index in [4.69, 9.17) is 4.74 Å². The molecule has 0 bridgehead atoms. The molecule has 0 amide bonds. The second kappa shape index (κ2) is 6.91. The van der Waals surface area contributed by atoms with Gasteiger partial charge in [-0.05, 0) is 24.3 Å². The van der Waals surface area contributed by atoms with Gasteiger partial charge in [-0.3, -0.25) is 0 Å². The standard InChI is InChI=1S/C16H27NO/c1-13(11-12-18-5)17-15(16(2,3)4)14-9-7-6-8-10-14/h6-10,13,15,17H,11-12H2,1-5H3. The van der Waals surface area contributed by atoms with Gasteiger partial charge in [-0.2, -0.15) is 0 Å². The van der Waals surface area contributed by atoms with Crippen molar-refractivity contribution in [1.82, 2.24) is 5.32 Å². The first-order valence-corrected chi connectivity index (χ1v) is 6.75. The quantitative estimate of drug-likeness (QED) is 0.828. The van der Waals surface area contributed by atoms with Crippen LogP contribution in [0, 0.1) is 5.41 Å². The van der Waals surface area contributed by atoms with Gasteiger partial charge in [-0.25, -0.2) is 0 Å². The third-order valence-corrected chi connectivity index (χ3v) is 3.21. The SMILES string of the molecule is COCCC(C)NC(c1ccccc1)C(C)(C)C. The number of hydrogen-bond acceptors (Lipinski definition) is 2. The van der Waals surface area contributed by atoms with Crippen molar-refractivity contribution in [2.24, 2.45) is 5.41 Å². The highest BCUT2D eigenvalue weighted by molar-refractivity contribution is 5.20. The zero-order chi connectivity index (χ0) is 13.6. The van der Waals surface area contributed by atoms with Crippen LogP contribution in [0.2, 0.25) is 0 Å². The maximum atomic E-state index is 5.15. The van der Waals surface area contributed by atoms with Gasteiger partial charge in [0, 0.05) is 25.8 Å². The van der Waals surface area contributed by atoms with Gasteiger partial charge in [0.05, 0.1) is 0 Å². The fourth-order valence-electron chi connectivity index (χ4n) is 2.15. The van der Waals surface area contributed by atoms with E-state index < -0.39 is 0 Å². The summed E-state index contributed by atoms with van der Waals surface area (Å²) in [5.74, 6) is 0. The molecule has 2 nitrogen and oxygen atoms in total. The van der Waals surface area contributed by atoms with E-state index in [0.29, 0.717) is 12.1 Å². The molecule has 1 N–H and O–H groups in total. The molecular formula is C16H27NO. The summed E-state index contributed by atoms with van der Waals surface area (Å²) >= 11 is 0. The smallest absolute Gasteiger partial charge is 0.0476 e. The fraction of sp³-hybridized carbons (Fsp3) is 0.625. The van der Waals surface area contributed by atoms with Crippen LogP contribution >= 0.6 is 0 Å². The molecule has 102 valence electrons. The van der Waals surface area contributed by atoms with Crippen LogP contribution in [0.1, 0.15) is 45.7 Å². The lowest BCUT2D eigenvalue weighted by Gasteiger charge is -2.34. The van der Waals surface area contributed by atoms with E-state index in [0.717, 1.165) is 13.0 Å². The molecule has 1 aromatic rings. The normalized spacial score (nSPS) is 15.4. The van der Waals surface area contributed by atoms with Crippen molar-refractivity contribution in [3.8, 4) is 0 Å². The topological polar surface area (TPSA) is 21.3 Å². The van der Waals surface area contributed by atoms with Crippen LogP contribution in [0.5, 0.6) is 0 Å². The zero-order valence-electron chi connectivity index (χ0n) is 12.4. The first-order valence-electron chi connectivity index (χ1n) is 6.75. The summed E-state index contributed by atoms with van der Waals surface area (Å²) in [4.78, 5) is 0. The molecule has 0 saturated carbocycles. The van der Waals surface area contributed by atoms with E-state index in [2.05, 4.69) is 63.3 Å². The van der Waals surface area contributed by atoms with E-state index in [1.165, 1.54) is 5.56 Å². The first-order chi connectivity index (χ1) is 8.45. The third-order valence-electron chi connectivity index (χ3n) is 3.21. The van der Waals surface area contributed by atoms with Crippen molar-refractivity contribution in [3.05, 3.63) is 35.9 Å². The Bertz CT molecular complexity index is 329. The van der Waals surface area contributed by atoms with Gasteiger partial charge in [0.15, 0.2) is 0 Å². The third kappa shape index (κ3) is 4.79. The van der Waals surface area contributed by atoms with Crippen LogP contribution in [-0.2, 0) is 4.74 Å². The Morgan fingerprint density at radius 2 is 1.78 bits per heavy atom. The van der Waals surface area contributed by atoms with Gasteiger partial charge < -0.3 is 10.1 Å². The number of nitrogens with one attached hydrogen (secondary N) is 1. The molecule has 0 spiro atoms. The molecule has 2 unspecified atom stereocenters. The van der Waals surface area contributed by atoms with E-state index in [1.54, 1.807) is 7.11 Å². The largest absolute Gasteiger partial charge is 0.385 e. The van der Waals surface area contributed by atoms with E-state index in [-0.39, 0.29) is 5.41 Å². The van der Waals surface area contributed by atoms with Gasteiger partial charge in [0.1, 0.15) is 0 Å². The van der Waals surface area contributed by atoms with Crippen LogP contribution < -0.4 is 5.32 Å². The lowest BCUT2D eigenvalue weighted by atomic mass is 9.82. The van der Waals surface area contributed by atoms with Crippen LogP contribution in [0.25, 0.3) is 0 Å². The Labute approximate surface area is 112 Å². The minimum absolute atomic E-state index is 0.197. The summed E-state index contributed by atoms with van der Waals surface area (Å²) in [6.45, 7) is 9.86. The number of methoxy groups -OCH3 is 1. The van der Waals surface area contributed by atoms with Crippen LogP contribution in [0.3, 0.4) is 0 Å². The van der Waals surface area contributed by atoms with Crippen molar-refractivity contribution >= 4 is 0 Å². The van der Waals surface area contributed by atoms with Crippen LogP contribution in [0.15, 0.2) is 30.3 Å². The monoisotopic (exact) mass is 249 g/mol. The van der Waals surface area contributed by atoms with Gasteiger partial charge >= 0.3 is 0 Å². The lowest BCUT2D eigenvalue weighted by Crippen LogP contribution is -2.38. The van der Waals surface area contributed by atoms with Gasteiger partial charge in [0.25, 0.3) is 0 Å². The molecule has 1 aromatic carbocycles. The summed E-state index contributed by atoms with van der Waals surface area (Å²) in [5.41, 5.74) is 1.55. The average molecular weight is 249 g/mol. The van der Waals surface area contributed by atoms with Crippen molar-refractivity contribution in [2.75, 3.05) is 13.7 Å². The maximum absolute atomic E-state index is 5.15. The molecule has 0 aliphatic carbocycles. The molecule has 0 fully saturated rings. The van der Waals surface area contributed by atoms with Gasteiger partial charge in [-0.1, -0.05) is 51.1 Å². The Kier molecular flexibility index (Phi) is 5.83. The molecule has 0 radical (unpaired) electrons. The number of rotatable bonds is 6. The van der Waals surface area contributed by atoms with E-state index in [1.807, 2.05) is 0 Å². The Hall–Kier alpha value is -0.860. The summed E-state index contributed by atoms with van der Waals surface area (Å²) in [7, 11) is 1.76. The Morgan fingerprint density at radius 3 is 2.28 bits per heavy atom. The van der Waals surface area contributed by atoms with E-state index >= 15 is 0 Å². The molecule has 0 aliphatic heterocycles. The molecule has 0 saturated heterocycles. The molecule has 0 aromatic heterocycles. The minimum Gasteiger partial charge on any atom is -0.385 e. The highest BCUT2D eigenvalue weighted by Crippen LogP contribution is 2.33. The average Bonchev–Trinajstić information content (AvgIpc) is 2.33. The number of hydrogen-bond donors (Lipinski definition) is 1. The van der Waals surface area contributed by atoms with E-state index in [9.17, 15) is 0 Å². The highest BCUT2D eigenvalue weighted by atomic mass is 16.5. The molecule has 0 heterocycles. The molecule has 18 heavy (non-hydrogen) atoms. The summed E-state index contributed by atoms with van der Waals surface area (Å²) in [6, 6.07) is 11.5. The first kappa shape index (κ1) is 15.2. The van der Waals surface area contributed by atoms with Crippen LogP contribution in [0.4, 0.5) is 0 Å². The molecule has 2 atom stereocenters. The van der Waals surface area contributed by atoms with Crippen molar-refractivity contribution in [1.29, 1.82) is 0 Å². The maximum Gasteiger partial charge on any atom is 0.0476 e. The predicted molar refractivity (Wildman–Crippen MR) is 77.7 cm³/mol. The summed E-state index contributed by atoms with van der Waals surface area (Å²) in [6.07, 6.45) is 1.04. The van der Waals surface area contributed by atoms with Crippen molar-refractivity contribution in [2.45, 2.75) is 46.2 Å². The minimum atomic E-state index is 0.197. The summed E-state index contributed by atoms with van der Waals surface area (Å²) < 4.78 is 5.15. The van der Waals surface area contributed by atoms with Crippen molar-refractivity contribution < 1.29 is 4.74 Å². The second-order valence-electron chi connectivity index (χ2n) is 6.06. The fourth-order valence-corrected chi connectivity index (χ4v) is 2.15. The number of ether oxygens (including phenoxy) is 1. The highest BCUT2D eigenvalue weighted by Gasteiger charge is 2.26. The number of benzene rings is 1. The van der Waals surface area contributed by atoms with Crippen LogP contribution in [-0.4, -0.2) is 19.8 Å². The Morgan fingerprint density at radius 1 is 1.17 bits per heavy atom. The molecule has 1 rings (SSSR count). The molecular weight excluding hydrogens is 222 g/mol. The zero-order valence-corrected chi connectivity index (χ0v) is 12.4. The Balaban J connectivity index is 2.75. The molecule has 0 aliphatic rings. The van der Waals surface area contributed by atoms with Gasteiger partial charge in [-0.15, -0.1) is 0 Å². The van der Waals surface area contributed by atoms with Crippen molar-refractivity contribution in [3.63, 3.8) is 0 Å².